The number of anilines is 1. The van der Waals surface area contributed by atoms with Crippen molar-refractivity contribution in [3.05, 3.63) is 64.2 Å². The molecule has 1 atom stereocenters. The molecule has 0 bridgehead atoms. The number of hydrogen-bond acceptors (Lipinski definition) is 9. The summed E-state index contributed by atoms with van der Waals surface area (Å²) < 4.78 is 31.9. The number of piperidine rings is 1. The molecule has 1 aliphatic heterocycles. The van der Waals surface area contributed by atoms with Crippen molar-refractivity contribution < 1.29 is 28.5 Å². The zero-order chi connectivity index (χ0) is 31.3. The van der Waals surface area contributed by atoms with Crippen molar-refractivity contribution in [3.63, 3.8) is 0 Å². The van der Waals surface area contributed by atoms with Gasteiger partial charge in [-0.15, -0.1) is 0 Å². The molecule has 1 aliphatic rings. The number of alkyl carbamates (subject to hydrolysis) is 1. The van der Waals surface area contributed by atoms with Crippen LogP contribution in [0.2, 0.25) is 0 Å². The SMILES string of the molecule is COc1ccc(-c2c(-c3ccc(C#N)c(F)c3)nc(N3CCC(NC(=O)OC(C)(C)C)CC3)n(CC(O)OC)c2=O)cc1. The van der Waals surface area contributed by atoms with Crippen LogP contribution >= 0.6 is 0 Å². The smallest absolute Gasteiger partial charge is 0.407 e. The number of aromatic nitrogens is 2. The number of ether oxygens (including phenoxy) is 3. The standard InChI is InChI=1S/C31H36FN5O6/c1-31(2,3)43-30(40)34-22-12-14-36(15-13-22)29-35-27(20-6-7-21(17-33)24(32)16-20)26(19-8-10-23(41-4)11-9-19)28(39)37(29)18-25(38)42-5/h6-11,16,22,25,38H,12-15,18H2,1-5H3,(H,34,40). The molecule has 0 spiro atoms. The summed E-state index contributed by atoms with van der Waals surface area (Å²) in [5, 5.41) is 22.6. The third kappa shape index (κ3) is 7.49. The Labute approximate surface area is 249 Å². The van der Waals surface area contributed by atoms with Crippen LogP contribution in [0, 0.1) is 17.1 Å². The molecule has 0 radical (unpaired) electrons. The van der Waals surface area contributed by atoms with Gasteiger partial charge in [-0.25, -0.2) is 14.2 Å². The van der Waals surface area contributed by atoms with E-state index >= 15 is 0 Å². The first-order valence-corrected chi connectivity index (χ1v) is 13.9. The molecule has 4 rings (SSSR count). The van der Waals surface area contributed by atoms with E-state index in [0.717, 1.165) is 0 Å². The topological polar surface area (TPSA) is 139 Å². The van der Waals surface area contributed by atoms with Gasteiger partial charge in [0.15, 0.2) is 6.29 Å². The number of carbonyl (C=O) groups excluding carboxylic acids is 1. The van der Waals surface area contributed by atoms with Gasteiger partial charge in [0.25, 0.3) is 5.56 Å². The predicted octanol–water partition coefficient (Wildman–Crippen LogP) is 4.05. The van der Waals surface area contributed by atoms with E-state index in [4.69, 9.17) is 19.2 Å². The van der Waals surface area contributed by atoms with E-state index in [0.29, 0.717) is 42.8 Å². The number of rotatable bonds is 8. The second-order valence-electron chi connectivity index (χ2n) is 11.2. The van der Waals surface area contributed by atoms with Crippen LogP contribution < -0.4 is 20.5 Å². The molecule has 43 heavy (non-hydrogen) atoms. The molecule has 12 heteroatoms. The number of methoxy groups -OCH3 is 2. The van der Waals surface area contributed by atoms with Gasteiger partial charge in [-0.05, 0) is 63.4 Å². The number of aliphatic hydroxyl groups is 1. The lowest BCUT2D eigenvalue weighted by Crippen LogP contribution is -2.47. The zero-order valence-electron chi connectivity index (χ0n) is 24.9. The number of benzene rings is 2. The minimum atomic E-state index is -1.30. The molecule has 228 valence electrons. The van der Waals surface area contributed by atoms with E-state index < -0.39 is 29.4 Å². The highest BCUT2D eigenvalue weighted by molar-refractivity contribution is 5.81. The average Bonchev–Trinajstić information content (AvgIpc) is 2.97. The number of aliphatic hydroxyl groups excluding tert-OH is 1. The van der Waals surface area contributed by atoms with E-state index in [-0.39, 0.29) is 35.4 Å². The van der Waals surface area contributed by atoms with Crippen molar-refractivity contribution in [1.29, 1.82) is 5.26 Å². The predicted molar refractivity (Wildman–Crippen MR) is 158 cm³/mol. The molecule has 2 N–H and O–H groups in total. The van der Waals surface area contributed by atoms with Crippen LogP contribution in [-0.2, 0) is 16.0 Å². The monoisotopic (exact) mass is 593 g/mol. The second-order valence-corrected chi connectivity index (χ2v) is 11.2. The van der Waals surface area contributed by atoms with E-state index in [2.05, 4.69) is 5.32 Å². The highest BCUT2D eigenvalue weighted by Crippen LogP contribution is 2.32. The summed E-state index contributed by atoms with van der Waals surface area (Å²) in [5.74, 6) is 0.100. The van der Waals surface area contributed by atoms with Crippen molar-refractivity contribution in [1.82, 2.24) is 14.9 Å². The minimum absolute atomic E-state index is 0.133. The number of halogens is 1. The number of carbonyl (C=O) groups is 1. The fraction of sp³-hybridized carbons (Fsp3) is 0.419. The van der Waals surface area contributed by atoms with Gasteiger partial charge in [-0.3, -0.25) is 9.36 Å². The first-order valence-electron chi connectivity index (χ1n) is 13.9. The molecule has 1 unspecified atom stereocenters. The highest BCUT2D eigenvalue weighted by atomic mass is 19.1. The molecule has 3 aromatic rings. The highest BCUT2D eigenvalue weighted by Gasteiger charge is 2.29. The van der Waals surface area contributed by atoms with Crippen molar-refractivity contribution in [2.45, 2.75) is 58.1 Å². The van der Waals surface area contributed by atoms with Gasteiger partial charge in [0.2, 0.25) is 5.95 Å². The molecule has 2 heterocycles. The summed E-state index contributed by atoms with van der Waals surface area (Å²) >= 11 is 0. The van der Waals surface area contributed by atoms with Crippen LogP contribution in [-0.4, -0.2) is 66.0 Å². The minimum Gasteiger partial charge on any atom is -0.497 e. The summed E-state index contributed by atoms with van der Waals surface area (Å²) in [7, 11) is 2.86. The quantitative estimate of drug-likeness (QED) is 0.370. The van der Waals surface area contributed by atoms with Crippen molar-refractivity contribution in [2.24, 2.45) is 0 Å². The Morgan fingerprint density at radius 3 is 2.37 bits per heavy atom. The van der Waals surface area contributed by atoms with Gasteiger partial charge < -0.3 is 29.5 Å². The first kappa shape index (κ1) is 31.5. The Hall–Kier alpha value is -4.47. The van der Waals surface area contributed by atoms with Gasteiger partial charge >= 0.3 is 6.09 Å². The third-order valence-electron chi connectivity index (χ3n) is 7.00. The molecule has 2 aromatic carbocycles. The zero-order valence-corrected chi connectivity index (χ0v) is 24.9. The molecule has 0 aliphatic carbocycles. The molecular weight excluding hydrogens is 557 g/mol. The number of hydrogen-bond donors (Lipinski definition) is 2. The summed E-state index contributed by atoms with van der Waals surface area (Å²) in [6, 6.07) is 12.5. The molecule has 0 saturated carbocycles. The maximum atomic E-state index is 14.8. The summed E-state index contributed by atoms with van der Waals surface area (Å²) in [5.41, 5.74) is -0.0239. The van der Waals surface area contributed by atoms with E-state index in [1.165, 1.54) is 30.9 Å². The van der Waals surface area contributed by atoms with E-state index in [9.17, 15) is 24.3 Å². The van der Waals surface area contributed by atoms with Crippen LogP contribution in [0.5, 0.6) is 5.75 Å². The van der Waals surface area contributed by atoms with Crippen molar-refractivity contribution >= 4 is 12.0 Å². The number of nitrogens with zero attached hydrogens (tertiary/aromatic N) is 4. The van der Waals surface area contributed by atoms with Crippen LogP contribution in [0.1, 0.15) is 39.2 Å². The normalized spacial score (nSPS) is 14.6. The van der Waals surface area contributed by atoms with E-state index in [1.54, 1.807) is 51.1 Å². The second kappa shape index (κ2) is 13.2. The summed E-state index contributed by atoms with van der Waals surface area (Å²) in [4.78, 5) is 33.4. The number of nitrogens with one attached hydrogen (secondary N) is 1. The van der Waals surface area contributed by atoms with Gasteiger partial charge in [-0.2, -0.15) is 5.26 Å². The summed E-state index contributed by atoms with van der Waals surface area (Å²) in [6.07, 6.45) is -0.712. The van der Waals surface area contributed by atoms with Gasteiger partial charge in [0.05, 0.1) is 30.5 Å². The third-order valence-corrected chi connectivity index (χ3v) is 7.00. The lowest BCUT2D eigenvalue weighted by Gasteiger charge is -2.35. The van der Waals surface area contributed by atoms with Crippen LogP contribution in [0.3, 0.4) is 0 Å². The Balaban J connectivity index is 1.81. The lowest BCUT2D eigenvalue weighted by molar-refractivity contribution is -0.0838. The van der Waals surface area contributed by atoms with Crippen LogP contribution in [0.15, 0.2) is 47.3 Å². The first-order chi connectivity index (χ1) is 20.4. The fourth-order valence-electron chi connectivity index (χ4n) is 4.86. The summed E-state index contributed by atoms with van der Waals surface area (Å²) in [6.45, 7) is 6.03. The Kier molecular flexibility index (Phi) is 9.68. The molecule has 11 nitrogen and oxygen atoms in total. The van der Waals surface area contributed by atoms with Crippen LogP contribution in [0.4, 0.5) is 15.1 Å². The number of amides is 1. The molecule has 1 fully saturated rings. The van der Waals surface area contributed by atoms with E-state index in [1.807, 2.05) is 11.0 Å². The molecule has 1 saturated heterocycles. The fourth-order valence-corrected chi connectivity index (χ4v) is 4.86. The molecule has 1 amide bonds. The number of nitriles is 1. The average molecular weight is 594 g/mol. The van der Waals surface area contributed by atoms with Gasteiger partial charge in [-0.1, -0.05) is 18.2 Å². The molecular formula is C31H36FN5O6. The van der Waals surface area contributed by atoms with Gasteiger partial charge in [0, 0.05) is 31.8 Å². The molecule has 1 aromatic heterocycles. The van der Waals surface area contributed by atoms with Crippen molar-refractivity contribution in [2.75, 3.05) is 32.2 Å². The van der Waals surface area contributed by atoms with Crippen molar-refractivity contribution in [3.8, 4) is 34.2 Å². The lowest BCUT2D eigenvalue weighted by atomic mass is 9.99. The van der Waals surface area contributed by atoms with Crippen LogP contribution in [0.25, 0.3) is 22.4 Å². The largest absolute Gasteiger partial charge is 0.497 e. The maximum Gasteiger partial charge on any atom is 0.407 e. The maximum absolute atomic E-state index is 14.8. The Morgan fingerprint density at radius 1 is 1.16 bits per heavy atom. The Bertz CT molecular complexity index is 1550. The Morgan fingerprint density at radius 2 is 1.81 bits per heavy atom. The van der Waals surface area contributed by atoms with Gasteiger partial charge in [0.1, 0.15) is 23.2 Å².